The molecular formula is C24H32Cl2N2O6. The predicted molar refractivity (Wildman–Crippen MR) is 121 cm³/mol. The standard InChI is InChI=1S/C24H30N2O6.2ClH/c1-5-29-23(25)17-9-11-19(21(15-17)27-3)31-13-7-8-14-32-20-12-10-18(16-22(20)28-4)24(26)30-6-2;;/h7-12,15-16,25-26H,5-6,13-14H2,1-4H3;2*1H/b8-7-,25-23?,26-24?;;. The minimum absolute atomic E-state index is 0. The van der Waals surface area contributed by atoms with Crippen LogP contribution in [0.15, 0.2) is 48.6 Å². The van der Waals surface area contributed by atoms with E-state index < -0.39 is 0 Å². The average Bonchev–Trinajstić information content (AvgIpc) is 2.81. The maximum absolute atomic E-state index is 5.89. The van der Waals surface area contributed by atoms with Gasteiger partial charge in [-0.2, -0.15) is 0 Å². The van der Waals surface area contributed by atoms with Gasteiger partial charge in [0.2, 0.25) is 0 Å². The van der Waals surface area contributed by atoms with Gasteiger partial charge in [0.25, 0.3) is 0 Å². The van der Waals surface area contributed by atoms with Crippen LogP contribution in [0.3, 0.4) is 0 Å². The Hall–Kier alpha value is -3.10. The van der Waals surface area contributed by atoms with Gasteiger partial charge in [0, 0.05) is 12.1 Å². The third kappa shape index (κ3) is 9.03. The first-order valence-corrected chi connectivity index (χ1v) is 10.3. The molecule has 34 heavy (non-hydrogen) atoms. The first-order chi connectivity index (χ1) is 15.5. The van der Waals surface area contributed by atoms with Gasteiger partial charge in [0.15, 0.2) is 23.0 Å². The smallest absolute Gasteiger partial charge is 0.366 e. The summed E-state index contributed by atoms with van der Waals surface area (Å²) in [5.41, 5.74) is 1.47. The minimum Gasteiger partial charge on any atom is -1.00 e. The highest BCUT2D eigenvalue weighted by molar-refractivity contribution is 5.90. The van der Waals surface area contributed by atoms with E-state index in [-0.39, 0.29) is 24.8 Å². The number of hydrogen-bond donors (Lipinski definition) is 2. The molecule has 2 aromatic carbocycles. The molecule has 0 unspecified atom stereocenters. The summed E-state index contributed by atoms with van der Waals surface area (Å²) in [6.45, 7) is 5.43. The fraction of sp³-hybridized carbons (Fsp3) is 0.333. The lowest BCUT2D eigenvalue weighted by atomic mass is 10.2. The quantitative estimate of drug-likeness (QED) is 0.166. The first kappa shape index (κ1) is 30.9. The van der Waals surface area contributed by atoms with Gasteiger partial charge in [-0.3, -0.25) is 0 Å². The largest absolute Gasteiger partial charge is 1.00 e. The van der Waals surface area contributed by atoms with Crippen molar-refractivity contribution in [2.75, 3.05) is 40.6 Å². The number of hydrogen-bond acceptors (Lipinski definition) is 6. The van der Waals surface area contributed by atoms with Crippen LogP contribution in [0.25, 0.3) is 0 Å². The van der Waals surface area contributed by atoms with Gasteiger partial charge in [-0.05, 0) is 50.3 Å². The van der Waals surface area contributed by atoms with Crippen LogP contribution in [0.2, 0.25) is 0 Å². The Balaban J connectivity index is 0.00000544. The number of rotatable bonds is 12. The average molecular weight is 515 g/mol. The van der Waals surface area contributed by atoms with Crippen molar-refractivity contribution in [2.24, 2.45) is 0 Å². The maximum Gasteiger partial charge on any atom is 0.366 e. The van der Waals surface area contributed by atoms with E-state index in [0.29, 0.717) is 61.2 Å². The third-order valence-electron chi connectivity index (χ3n) is 4.33. The summed E-state index contributed by atoms with van der Waals surface area (Å²) in [6, 6.07) is 10.8. The second-order valence-electron chi connectivity index (χ2n) is 6.42. The summed E-state index contributed by atoms with van der Waals surface area (Å²) in [5, 5.41) is 11.8. The van der Waals surface area contributed by atoms with Gasteiger partial charge in [0.1, 0.15) is 13.2 Å². The van der Waals surface area contributed by atoms with E-state index in [0.717, 1.165) is 11.1 Å². The molecule has 0 atom stereocenters. The number of ether oxygens (including phenoxy) is 6. The number of methoxy groups -OCH3 is 2. The molecule has 0 heterocycles. The van der Waals surface area contributed by atoms with Gasteiger partial charge in [0.05, 0.1) is 38.6 Å². The molecule has 0 amide bonds. The van der Waals surface area contributed by atoms with E-state index in [2.05, 4.69) is 0 Å². The van der Waals surface area contributed by atoms with Gasteiger partial charge < -0.3 is 53.2 Å². The predicted octanol–water partition coefficient (Wildman–Crippen LogP) is -5.19. The fourth-order valence-electron chi connectivity index (χ4n) is 2.77. The Bertz CT molecular complexity index is 878. The van der Waals surface area contributed by atoms with Crippen molar-refractivity contribution in [1.82, 2.24) is 0 Å². The van der Waals surface area contributed by atoms with Crippen molar-refractivity contribution in [1.29, 1.82) is 0 Å². The Morgan fingerprint density at radius 2 is 1.06 bits per heavy atom. The molecule has 0 spiro atoms. The summed E-state index contributed by atoms with van der Waals surface area (Å²) in [4.78, 5) is 0. The van der Waals surface area contributed by atoms with Crippen LogP contribution in [0.5, 0.6) is 23.0 Å². The summed E-state index contributed by atoms with van der Waals surface area (Å²) < 4.78 is 33.0. The number of nitrogens with two attached hydrogens (primary N) is 2. The van der Waals surface area contributed by atoms with Crippen molar-refractivity contribution in [3.8, 4) is 23.0 Å². The Morgan fingerprint density at radius 3 is 1.38 bits per heavy atom. The molecule has 8 nitrogen and oxygen atoms in total. The van der Waals surface area contributed by atoms with Crippen LogP contribution in [-0.4, -0.2) is 52.4 Å². The summed E-state index contributed by atoms with van der Waals surface area (Å²) in [5.74, 6) is 3.04. The van der Waals surface area contributed by atoms with E-state index in [1.54, 1.807) is 38.5 Å². The number of halogens is 2. The lowest BCUT2D eigenvalue weighted by Crippen LogP contribution is -3.00. The molecule has 2 rings (SSSR count). The molecule has 0 saturated heterocycles. The molecule has 0 saturated carbocycles. The topological polar surface area (TPSA) is 107 Å². The van der Waals surface area contributed by atoms with Crippen LogP contribution < -0.4 is 54.6 Å². The highest BCUT2D eigenvalue weighted by Gasteiger charge is 2.14. The van der Waals surface area contributed by atoms with Gasteiger partial charge in [-0.1, -0.05) is 0 Å². The number of benzene rings is 2. The van der Waals surface area contributed by atoms with Crippen molar-refractivity contribution in [3.63, 3.8) is 0 Å². The van der Waals surface area contributed by atoms with Crippen LogP contribution in [0, 0.1) is 0 Å². The van der Waals surface area contributed by atoms with Gasteiger partial charge in [-0.25, -0.2) is 10.8 Å². The lowest BCUT2D eigenvalue weighted by molar-refractivity contribution is -0.138. The molecule has 188 valence electrons. The van der Waals surface area contributed by atoms with E-state index in [1.807, 2.05) is 38.1 Å². The highest BCUT2D eigenvalue weighted by atomic mass is 35.5. The van der Waals surface area contributed by atoms with Gasteiger partial charge in [-0.15, -0.1) is 0 Å². The zero-order chi connectivity index (χ0) is 23.3. The Morgan fingerprint density at radius 1 is 0.676 bits per heavy atom. The summed E-state index contributed by atoms with van der Waals surface area (Å²) >= 11 is 0. The maximum atomic E-state index is 5.89. The fourth-order valence-corrected chi connectivity index (χ4v) is 2.77. The Labute approximate surface area is 213 Å². The molecular weight excluding hydrogens is 483 g/mol. The molecule has 4 N–H and O–H groups in total. The van der Waals surface area contributed by atoms with Crippen LogP contribution >= 0.6 is 0 Å². The molecule has 2 aromatic rings. The molecule has 10 heteroatoms. The highest BCUT2D eigenvalue weighted by Crippen LogP contribution is 2.29. The van der Waals surface area contributed by atoms with Crippen LogP contribution in [0.1, 0.15) is 25.0 Å². The molecule has 0 aliphatic heterocycles. The van der Waals surface area contributed by atoms with Crippen LogP contribution in [0.4, 0.5) is 0 Å². The molecule has 0 bridgehead atoms. The lowest BCUT2D eigenvalue weighted by Gasteiger charge is -2.11. The minimum atomic E-state index is 0. The normalized spacial score (nSPS) is 9.88. The third-order valence-corrected chi connectivity index (χ3v) is 4.33. The second kappa shape index (κ2) is 16.5. The molecule has 0 aliphatic rings. The molecule has 0 aliphatic carbocycles. The van der Waals surface area contributed by atoms with Gasteiger partial charge >= 0.3 is 11.8 Å². The van der Waals surface area contributed by atoms with Crippen molar-refractivity contribution >= 4 is 11.8 Å². The SMILES string of the molecule is CCOC(=[NH2+])c1ccc(OC/C=C\COc2ccc(C(=[NH2+])OCC)cc2OC)c(OC)c1.[Cl-].[Cl-]. The zero-order valence-corrected chi connectivity index (χ0v) is 21.3. The van der Waals surface area contributed by atoms with Crippen molar-refractivity contribution < 1.29 is 64.1 Å². The van der Waals surface area contributed by atoms with E-state index in [9.17, 15) is 0 Å². The Kier molecular flexibility index (Phi) is 15.0. The second-order valence-corrected chi connectivity index (χ2v) is 6.42. The van der Waals surface area contributed by atoms with Crippen molar-refractivity contribution in [3.05, 3.63) is 59.7 Å². The van der Waals surface area contributed by atoms with E-state index in [1.165, 1.54) is 0 Å². The molecule has 0 aromatic heterocycles. The van der Waals surface area contributed by atoms with E-state index >= 15 is 0 Å². The monoisotopic (exact) mass is 514 g/mol. The molecule has 0 fully saturated rings. The van der Waals surface area contributed by atoms with Crippen molar-refractivity contribution in [2.45, 2.75) is 13.8 Å². The molecule has 0 radical (unpaired) electrons. The van der Waals surface area contributed by atoms with Crippen LogP contribution in [-0.2, 0) is 9.47 Å². The first-order valence-electron chi connectivity index (χ1n) is 10.3. The zero-order valence-electron chi connectivity index (χ0n) is 19.8. The summed E-state index contributed by atoms with van der Waals surface area (Å²) in [6.07, 6.45) is 3.71. The van der Waals surface area contributed by atoms with E-state index in [4.69, 9.17) is 39.2 Å². The summed E-state index contributed by atoms with van der Waals surface area (Å²) in [7, 11) is 3.15.